The SMILES string of the molecule is Cc1cc(C(F)(F)F)nn1CC(C)c1nc2c3c4c(sc3ncn2n1)CN(C)CC4. The van der Waals surface area contributed by atoms with Crippen LogP contribution >= 0.6 is 11.3 Å². The number of halogens is 3. The Bertz CT molecular complexity index is 1250. The molecule has 0 amide bonds. The van der Waals surface area contributed by atoms with Crippen LogP contribution in [0.4, 0.5) is 13.2 Å². The summed E-state index contributed by atoms with van der Waals surface area (Å²) in [7, 11) is 2.11. The van der Waals surface area contributed by atoms with Crippen LogP contribution in [0, 0.1) is 6.92 Å². The predicted molar refractivity (Wildman–Crippen MR) is 107 cm³/mol. The van der Waals surface area contributed by atoms with E-state index in [0.717, 1.165) is 41.4 Å². The summed E-state index contributed by atoms with van der Waals surface area (Å²) in [4.78, 5) is 13.9. The van der Waals surface area contributed by atoms with E-state index in [1.54, 1.807) is 29.1 Å². The molecule has 1 aliphatic rings. The summed E-state index contributed by atoms with van der Waals surface area (Å²) in [5, 5.41) is 9.33. The third kappa shape index (κ3) is 3.16. The highest BCUT2D eigenvalue weighted by Gasteiger charge is 2.34. The van der Waals surface area contributed by atoms with Crippen molar-refractivity contribution in [1.82, 2.24) is 34.3 Å². The Morgan fingerprint density at radius 1 is 1.27 bits per heavy atom. The zero-order valence-corrected chi connectivity index (χ0v) is 17.5. The molecule has 5 rings (SSSR count). The molecule has 0 radical (unpaired) electrons. The number of thiophene rings is 1. The molecule has 0 N–H and O–H groups in total. The molecule has 0 aliphatic carbocycles. The van der Waals surface area contributed by atoms with Crippen molar-refractivity contribution in [2.75, 3.05) is 13.6 Å². The number of alkyl halides is 3. The first-order valence-electron chi connectivity index (χ1n) is 9.66. The second-order valence-corrected chi connectivity index (χ2v) is 8.99. The summed E-state index contributed by atoms with van der Waals surface area (Å²) in [6.07, 6.45) is -1.85. The minimum absolute atomic E-state index is 0.208. The van der Waals surface area contributed by atoms with E-state index in [1.807, 2.05) is 6.92 Å². The molecule has 5 heterocycles. The zero-order chi connectivity index (χ0) is 21.2. The lowest BCUT2D eigenvalue weighted by molar-refractivity contribution is -0.141. The van der Waals surface area contributed by atoms with Gasteiger partial charge in [-0.25, -0.2) is 14.5 Å². The van der Waals surface area contributed by atoms with Crippen molar-refractivity contribution in [3.05, 3.63) is 40.0 Å². The maximum atomic E-state index is 12.9. The molecule has 11 heteroatoms. The summed E-state index contributed by atoms with van der Waals surface area (Å²) in [6.45, 7) is 5.67. The van der Waals surface area contributed by atoms with E-state index in [9.17, 15) is 13.2 Å². The lowest BCUT2D eigenvalue weighted by Crippen LogP contribution is -2.25. The van der Waals surface area contributed by atoms with E-state index < -0.39 is 11.9 Å². The van der Waals surface area contributed by atoms with E-state index in [1.165, 1.54) is 15.1 Å². The monoisotopic (exact) mass is 435 g/mol. The average Bonchev–Trinajstić information content (AvgIpc) is 3.35. The number of nitrogens with zero attached hydrogens (tertiary/aromatic N) is 7. The van der Waals surface area contributed by atoms with Crippen molar-refractivity contribution >= 4 is 27.2 Å². The molecule has 0 fully saturated rings. The van der Waals surface area contributed by atoms with Crippen LogP contribution in [-0.4, -0.2) is 47.9 Å². The number of hydrogen-bond donors (Lipinski definition) is 0. The number of likely N-dealkylation sites (N-methyl/N-ethyl adjacent to an activating group) is 1. The highest BCUT2D eigenvalue weighted by molar-refractivity contribution is 7.19. The van der Waals surface area contributed by atoms with Crippen LogP contribution in [0.15, 0.2) is 12.4 Å². The van der Waals surface area contributed by atoms with Crippen LogP contribution in [0.2, 0.25) is 0 Å². The van der Waals surface area contributed by atoms with Crippen molar-refractivity contribution < 1.29 is 13.2 Å². The average molecular weight is 435 g/mol. The van der Waals surface area contributed by atoms with Crippen LogP contribution in [0.5, 0.6) is 0 Å². The first kappa shape index (κ1) is 19.4. The van der Waals surface area contributed by atoms with E-state index in [2.05, 4.69) is 27.1 Å². The predicted octanol–water partition coefficient (Wildman–Crippen LogP) is 3.65. The molecule has 4 aromatic heterocycles. The van der Waals surface area contributed by atoms with Gasteiger partial charge in [-0.05, 0) is 32.0 Å². The van der Waals surface area contributed by atoms with Gasteiger partial charge in [0.25, 0.3) is 0 Å². The van der Waals surface area contributed by atoms with Crippen molar-refractivity contribution in [2.45, 2.75) is 45.5 Å². The van der Waals surface area contributed by atoms with Gasteiger partial charge in [0.2, 0.25) is 0 Å². The van der Waals surface area contributed by atoms with Gasteiger partial charge in [-0.2, -0.15) is 18.3 Å². The molecule has 0 bridgehead atoms. The van der Waals surface area contributed by atoms with Crippen molar-refractivity contribution in [3.63, 3.8) is 0 Å². The Morgan fingerprint density at radius 3 is 2.80 bits per heavy atom. The van der Waals surface area contributed by atoms with E-state index in [4.69, 9.17) is 4.98 Å². The van der Waals surface area contributed by atoms with Crippen LogP contribution < -0.4 is 0 Å². The summed E-state index contributed by atoms with van der Waals surface area (Å²) in [6, 6.07) is 1.06. The van der Waals surface area contributed by atoms with Gasteiger partial charge >= 0.3 is 6.18 Å². The van der Waals surface area contributed by atoms with E-state index >= 15 is 0 Å². The maximum absolute atomic E-state index is 12.9. The quantitative estimate of drug-likeness (QED) is 0.492. The first-order valence-corrected chi connectivity index (χ1v) is 10.5. The van der Waals surface area contributed by atoms with Gasteiger partial charge in [-0.1, -0.05) is 6.92 Å². The van der Waals surface area contributed by atoms with Crippen LogP contribution in [0.25, 0.3) is 15.9 Å². The lowest BCUT2D eigenvalue weighted by atomic mass is 10.1. The fourth-order valence-corrected chi connectivity index (χ4v) is 5.18. The fourth-order valence-electron chi connectivity index (χ4n) is 3.92. The molecule has 1 unspecified atom stereocenters. The first-order chi connectivity index (χ1) is 14.2. The van der Waals surface area contributed by atoms with Gasteiger partial charge in [0, 0.05) is 29.6 Å². The number of fused-ring (bicyclic) bond motifs is 5. The number of rotatable bonds is 3. The molecule has 158 valence electrons. The smallest absolute Gasteiger partial charge is 0.301 e. The second-order valence-electron chi connectivity index (χ2n) is 7.91. The van der Waals surface area contributed by atoms with Crippen LogP contribution in [0.1, 0.15) is 40.5 Å². The molecule has 0 aromatic carbocycles. The number of aryl methyl sites for hydroxylation is 1. The van der Waals surface area contributed by atoms with Gasteiger partial charge < -0.3 is 4.90 Å². The molecule has 0 spiro atoms. The molecule has 7 nitrogen and oxygen atoms in total. The molecular weight excluding hydrogens is 415 g/mol. The topological polar surface area (TPSA) is 64.1 Å². The van der Waals surface area contributed by atoms with Crippen LogP contribution in [0.3, 0.4) is 0 Å². The Labute approximate surface area is 174 Å². The highest BCUT2D eigenvalue weighted by Crippen LogP contribution is 2.36. The summed E-state index contributed by atoms with van der Waals surface area (Å²) >= 11 is 1.69. The van der Waals surface area contributed by atoms with Crippen LogP contribution in [-0.2, 0) is 25.7 Å². The van der Waals surface area contributed by atoms with Crippen molar-refractivity contribution in [3.8, 4) is 0 Å². The fraction of sp³-hybridized carbons (Fsp3) is 0.474. The second kappa shape index (κ2) is 6.74. The third-order valence-corrected chi connectivity index (χ3v) is 6.67. The minimum Gasteiger partial charge on any atom is -0.301 e. The van der Waals surface area contributed by atoms with Gasteiger partial charge in [-0.15, -0.1) is 16.4 Å². The number of hydrogen-bond acceptors (Lipinski definition) is 6. The molecule has 1 aliphatic heterocycles. The minimum atomic E-state index is -4.45. The summed E-state index contributed by atoms with van der Waals surface area (Å²) < 4.78 is 41.9. The standard InChI is InChI=1S/C19H20F3N7S/c1-10(7-28-11(2)6-14(25-28)19(20,21)22)16-24-17-15-12-4-5-27(3)8-13(12)30-18(15)23-9-29(17)26-16/h6,9-10H,4-5,7-8H2,1-3H3. The Balaban J connectivity index is 1.51. The lowest BCUT2D eigenvalue weighted by Gasteiger charge is -2.21. The highest BCUT2D eigenvalue weighted by atomic mass is 32.1. The molecule has 0 saturated heterocycles. The molecule has 0 saturated carbocycles. The summed E-state index contributed by atoms with van der Waals surface area (Å²) in [5.41, 5.74) is 1.63. The number of aromatic nitrogens is 6. The van der Waals surface area contributed by atoms with Gasteiger partial charge in [-0.3, -0.25) is 4.68 Å². The Hall–Kier alpha value is -2.53. The molecule has 30 heavy (non-hydrogen) atoms. The molecular formula is C19H20F3N7S. The van der Waals surface area contributed by atoms with E-state index in [0.29, 0.717) is 11.5 Å². The van der Waals surface area contributed by atoms with Gasteiger partial charge in [0.15, 0.2) is 17.2 Å². The Morgan fingerprint density at radius 2 is 2.07 bits per heavy atom. The largest absolute Gasteiger partial charge is 0.435 e. The van der Waals surface area contributed by atoms with Crippen molar-refractivity contribution in [2.24, 2.45) is 0 Å². The van der Waals surface area contributed by atoms with Gasteiger partial charge in [0.1, 0.15) is 11.2 Å². The Kier molecular flexibility index (Phi) is 4.37. The zero-order valence-electron chi connectivity index (χ0n) is 16.7. The van der Waals surface area contributed by atoms with E-state index in [-0.39, 0.29) is 12.5 Å². The van der Waals surface area contributed by atoms with Gasteiger partial charge in [0.05, 0.1) is 11.9 Å². The third-order valence-electron chi connectivity index (χ3n) is 5.54. The molecule has 4 aromatic rings. The van der Waals surface area contributed by atoms with Crippen molar-refractivity contribution in [1.29, 1.82) is 0 Å². The molecule has 1 atom stereocenters. The normalized spacial score (nSPS) is 16.5. The summed E-state index contributed by atoms with van der Waals surface area (Å²) in [5.74, 6) is 0.362. The maximum Gasteiger partial charge on any atom is 0.435 e.